The van der Waals surface area contributed by atoms with E-state index in [2.05, 4.69) is 6.07 Å². The molecule has 0 amide bonds. The number of fused-ring (bicyclic) bond motifs is 1. The zero-order chi connectivity index (χ0) is 22.0. The van der Waals surface area contributed by atoms with Crippen molar-refractivity contribution in [3.63, 3.8) is 0 Å². The number of benzene rings is 3. The lowest BCUT2D eigenvalue weighted by Gasteiger charge is -2.09. The Morgan fingerprint density at radius 3 is 2.32 bits per heavy atom. The Labute approximate surface area is 178 Å². The lowest BCUT2D eigenvalue weighted by atomic mass is 9.98. The number of carboxylic acids is 1. The van der Waals surface area contributed by atoms with Gasteiger partial charge in [0.15, 0.2) is 6.29 Å². The molecule has 6 heteroatoms. The van der Waals surface area contributed by atoms with Crippen LogP contribution in [0.2, 0.25) is 0 Å². The topological polar surface area (TPSA) is 99.8 Å². The molecule has 0 radical (unpaired) electrons. The Morgan fingerprint density at radius 1 is 1.03 bits per heavy atom. The molecule has 0 spiro atoms. The highest BCUT2D eigenvalue weighted by molar-refractivity contribution is 6.48. The second-order valence-corrected chi connectivity index (χ2v) is 6.82. The van der Waals surface area contributed by atoms with Crippen molar-refractivity contribution in [2.75, 3.05) is 7.11 Å². The summed E-state index contributed by atoms with van der Waals surface area (Å²) >= 11 is 0. The number of nitriles is 1. The molecule has 6 nitrogen and oxygen atoms in total. The Morgan fingerprint density at radius 2 is 1.74 bits per heavy atom. The summed E-state index contributed by atoms with van der Waals surface area (Å²) in [6, 6.07) is 20.7. The molecular formula is C25H16N2O4. The highest BCUT2D eigenvalue weighted by Crippen LogP contribution is 2.39. The fourth-order valence-corrected chi connectivity index (χ4v) is 3.54. The van der Waals surface area contributed by atoms with Crippen molar-refractivity contribution in [2.24, 2.45) is 4.99 Å². The Bertz CT molecular complexity index is 1290. The number of aliphatic imine (C=N–C) groups is 1. The average Bonchev–Trinajstić information content (AvgIpc) is 3.11. The SMILES string of the molecule is COc1ccc(N=C2C(c3ccc(C(=O)O)cc3)=C(C=O)c3cc(C#N)ccc32)cc1. The normalized spacial score (nSPS) is 13.6. The van der Waals surface area contributed by atoms with Gasteiger partial charge in [0.2, 0.25) is 0 Å². The van der Waals surface area contributed by atoms with Crippen molar-refractivity contribution >= 4 is 34.8 Å². The first kappa shape index (κ1) is 19.8. The van der Waals surface area contributed by atoms with Crippen molar-refractivity contribution in [1.29, 1.82) is 5.26 Å². The molecule has 1 aliphatic rings. The lowest BCUT2D eigenvalue weighted by molar-refractivity contribution is -0.103. The summed E-state index contributed by atoms with van der Waals surface area (Å²) in [6.45, 7) is 0. The maximum atomic E-state index is 12.1. The number of allylic oxidation sites excluding steroid dienone is 2. The molecular weight excluding hydrogens is 392 g/mol. The van der Waals surface area contributed by atoms with Gasteiger partial charge in [-0.05, 0) is 59.7 Å². The molecule has 0 saturated heterocycles. The summed E-state index contributed by atoms with van der Waals surface area (Å²) < 4.78 is 5.19. The summed E-state index contributed by atoms with van der Waals surface area (Å²) in [5.41, 5.74) is 4.84. The molecule has 0 saturated carbocycles. The highest BCUT2D eigenvalue weighted by atomic mass is 16.5. The van der Waals surface area contributed by atoms with Crippen LogP contribution in [0.4, 0.5) is 5.69 Å². The third kappa shape index (κ3) is 3.61. The smallest absolute Gasteiger partial charge is 0.335 e. The minimum atomic E-state index is -1.03. The standard InChI is InChI=1S/C25H16N2O4/c1-31-19-9-7-18(8-10-19)27-24-20-11-2-15(13-26)12-21(20)22(14-28)23(24)16-3-5-17(6-4-16)25(29)30/h2-12,14H,1H3,(H,29,30). The number of rotatable bonds is 5. The number of hydrogen-bond acceptors (Lipinski definition) is 5. The van der Waals surface area contributed by atoms with E-state index in [0.29, 0.717) is 45.0 Å². The molecule has 150 valence electrons. The molecule has 0 fully saturated rings. The largest absolute Gasteiger partial charge is 0.497 e. The van der Waals surface area contributed by atoms with Crippen molar-refractivity contribution < 1.29 is 19.4 Å². The summed E-state index contributed by atoms with van der Waals surface area (Å²) in [5.74, 6) is -0.334. The van der Waals surface area contributed by atoms with E-state index in [0.717, 1.165) is 11.8 Å². The van der Waals surface area contributed by atoms with E-state index in [4.69, 9.17) is 9.73 Å². The third-order valence-electron chi connectivity index (χ3n) is 5.05. The summed E-state index contributed by atoms with van der Waals surface area (Å²) in [4.78, 5) is 28.1. The molecule has 31 heavy (non-hydrogen) atoms. The van der Waals surface area contributed by atoms with Gasteiger partial charge in [-0.1, -0.05) is 18.2 Å². The predicted molar refractivity (Wildman–Crippen MR) is 117 cm³/mol. The van der Waals surface area contributed by atoms with Gasteiger partial charge < -0.3 is 9.84 Å². The maximum absolute atomic E-state index is 12.1. The van der Waals surface area contributed by atoms with Crippen molar-refractivity contribution in [2.45, 2.75) is 0 Å². The summed E-state index contributed by atoms with van der Waals surface area (Å²) in [5, 5.41) is 18.5. The number of nitrogens with zero attached hydrogens (tertiary/aromatic N) is 2. The van der Waals surface area contributed by atoms with E-state index in [9.17, 15) is 20.0 Å². The zero-order valence-corrected chi connectivity index (χ0v) is 16.5. The van der Waals surface area contributed by atoms with E-state index in [1.807, 2.05) is 0 Å². The molecule has 0 heterocycles. The minimum absolute atomic E-state index is 0.146. The van der Waals surface area contributed by atoms with Crippen molar-refractivity contribution in [3.05, 3.63) is 94.5 Å². The zero-order valence-electron chi connectivity index (χ0n) is 16.5. The van der Waals surface area contributed by atoms with E-state index >= 15 is 0 Å². The summed E-state index contributed by atoms with van der Waals surface area (Å²) in [6.07, 6.45) is 0.747. The quantitative estimate of drug-likeness (QED) is 0.626. The van der Waals surface area contributed by atoms with Crippen LogP contribution in [0, 0.1) is 11.3 Å². The first-order valence-electron chi connectivity index (χ1n) is 9.37. The molecule has 3 aromatic rings. The van der Waals surface area contributed by atoms with E-state index < -0.39 is 5.97 Å². The second-order valence-electron chi connectivity index (χ2n) is 6.82. The van der Waals surface area contributed by atoms with Crippen LogP contribution in [-0.4, -0.2) is 30.2 Å². The molecule has 1 aliphatic carbocycles. The van der Waals surface area contributed by atoms with Gasteiger partial charge in [-0.25, -0.2) is 9.79 Å². The molecule has 0 atom stereocenters. The van der Waals surface area contributed by atoms with Crippen LogP contribution in [0.25, 0.3) is 11.1 Å². The van der Waals surface area contributed by atoms with Crippen LogP contribution in [0.1, 0.15) is 32.6 Å². The third-order valence-corrected chi connectivity index (χ3v) is 5.05. The van der Waals surface area contributed by atoms with Crippen LogP contribution < -0.4 is 4.74 Å². The average molecular weight is 408 g/mol. The number of aromatic carboxylic acids is 1. The predicted octanol–water partition coefficient (Wildman–Crippen LogP) is 4.51. The highest BCUT2D eigenvalue weighted by Gasteiger charge is 2.29. The van der Waals surface area contributed by atoms with Gasteiger partial charge in [-0.15, -0.1) is 0 Å². The van der Waals surface area contributed by atoms with Crippen LogP contribution in [0.15, 0.2) is 71.7 Å². The molecule has 3 aromatic carbocycles. The molecule has 4 rings (SSSR count). The Balaban J connectivity index is 1.94. The van der Waals surface area contributed by atoms with Gasteiger partial charge in [0.05, 0.1) is 35.7 Å². The fourth-order valence-electron chi connectivity index (χ4n) is 3.54. The Hall–Kier alpha value is -4.50. The molecule has 0 unspecified atom stereocenters. The van der Waals surface area contributed by atoms with Gasteiger partial charge >= 0.3 is 5.97 Å². The number of methoxy groups -OCH3 is 1. The number of ether oxygens (including phenoxy) is 1. The lowest BCUT2D eigenvalue weighted by Crippen LogP contribution is -2.02. The second kappa shape index (κ2) is 8.09. The maximum Gasteiger partial charge on any atom is 0.335 e. The molecule has 1 N–H and O–H groups in total. The van der Waals surface area contributed by atoms with Gasteiger partial charge in [0, 0.05) is 16.7 Å². The fraction of sp³-hybridized carbons (Fsp3) is 0.0400. The van der Waals surface area contributed by atoms with E-state index in [-0.39, 0.29) is 5.56 Å². The number of aldehydes is 1. The minimum Gasteiger partial charge on any atom is -0.497 e. The van der Waals surface area contributed by atoms with Crippen LogP contribution >= 0.6 is 0 Å². The first-order valence-corrected chi connectivity index (χ1v) is 9.37. The van der Waals surface area contributed by atoms with Gasteiger partial charge in [0.25, 0.3) is 0 Å². The van der Waals surface area contributed by atoms with Gasteiger partial charge in [-0.3, -0.25) is 4.79 Å². The van der Waals surface area contributed by atoms with Crippen LogP contribution in [-0.2, 0) is 4.79 Å². The van der Waals surface area contributed by atoms with E-state index in [1.165, 1.54) is 12.1 Å². The monoisotopic (exact) mass is 408 g/mol. The van der Waals surface area contributed by atoms with E-state index in [1.54, 1.807) is 61.7 Å². The van der Waals surface area contributed by atoms with Crippen LogP contribution in [0.5, 0.6) is 5.75 Å². The number of hydrogen-bond donors (Lipinski definition) is 1. The summed E-state index contributed by atoms with van der Waals surface area (Å²) in [7, 11) is 1.58. The van der Waals surface area contributed by atoms with Gasteiger partial charge in [-0.2, -0.15) is 5.26 Å². The number of carbonyl (C=O) groups is 2. The van der Waals surface area contributed by atoms with Crippen LogP contribution in [0.3, 0.4) is 0 Å². The van der Waals surface area contributed by atoms with Crippen molar-refractivity contribution in [3.8, 4) is 11.8 Å². The number of carboxylic acid groups (broad SMARTS) is 1. The number of carbonyl (C=O) groups excluding carboxylic acids is 1. The molecule has 0 bridgehead atoms. The van der Waals surface area contributed by atoms with Gasteiger partial charge in [0.1, 0.15) is 5.75 Å². The molecule has 0 aromatic heterocycles. The first-order chi connectivity index (χ1) is 15.0. The Kier molecular flexibility index (Phi) is 5.17. The van der Waals surface area contributed by atoms with Crippen molar-refractivity contribution in [1.82, 2.24) is 0 Å². The molecule has 0 aliphatic heterocycles.